The third kappa shape index (κ3) is 3.34. The van der Waals surface area contributed by atoms with Gasteiger partial charge in [0.25, 0.3) is 12.1 Å². The van der Waals surface area contributed by atoms with Crippen LogP contribution in [0.25, 0.3) is 0 Å². The van der Waals surface area contributed by atoms with Crippen LogP contribution < -0.4 is 5.73 Å². The van der Waals surface area contributed by atoms with Crippen LogP contribution in [0.1, 0.15) is 12.5 Å². The first kappa shape index (κ1) is 13.8. The number of nitrogens with zero attached hydrogens (tertiary/aromatic N) is 1. The number of rotatable bonds is 4. The van der Waals surface area contributed by atoms with Crippen LogP contribution in [-0.2, 0) is 6.42 Å². The van der Waals surface area contributed by atoms with Crippen LogP contribution in [-0.4, -0.2) is 16.9 Å². The van der Waals surface area contributed by atoms with Crippen LogP contribution in [0, 0.1) is 10.1 Å². The fourth-order valence-electron chi connectivity index (χ4n) is 1.34. The molecule has 7 heteroatoms. The minimum atomic E-state index is -2.77. The third-order valence-corrected chi connectivity index (χ3v) is 2.55. The highest BCUT2D eigenvalue weighted by molar-refractivity contribution is 6.30. The highest BCUT2D eigenvalue weighted by atomic mass is 35.5. The number of nitro groups is 1. The van der Waals surface area contributed by atoms with Crippen LogP contribution >= 0.6 is 11.6 Å². The van der Waals surface area contributed by atoms with E-state index in [2.05, 4.69) is 0 Å². The van der Waals surface area contributed by atoms with Gasteiger partial charge in [-0.25, -0.2) is 8.78 Å². The summed E-state index contributed by atoms with van der Waals surface area (Å²) in [6.45, 7) is 1.15. The van der Waals surface area contributed by atoms with Gasteiger partial charge in [-0.3, -0.25) is 10.1 Å². The molecule has 0 radical (unpaired) electrons. The minimum Gasteiger partial charge on any atom is -0.320 e. The molecule has 0 aliphatic carbocycles. The first-order valence-electron chi connectivity index (χ1n) is 4.74. The van der Waals surface area contributed by atoms with E-state index in [9.17, 15) is 18.9 Å². The lowest BCUT2D eigenvalue weighted by molar-refractivity contribution is -0.385. The van der Waals surface area contributed by atoms with Crippen LogP contribution in [0.5, 0.6) is 0 Å². The number of nitrogens with two attached hydrogens (primary N) is 1. The zero-order chi connectivity index (χ0) is 13.2. The van der Waals surface area contributed by atoms with Gasteiger partial charge in [-0.15, -0.1) is 0 Å². The summed E-state index contributed by atoms with van der Waals surface area (Å²) in [5.74, 6) is 0. The molecule has 1 atom stereocenters. The van der Waals surface area contributed by atoms with Crippen molar-refractivity contribution in [2.75, 3.05) is 0 Å². The molecule has 0 heterocycles. The largest absolute Gasteiger partial charge is 0.320 e. The van der Waals surface area contributed by atoms with Crippen LogP contribution in [0.4, 0.5) is 14.5 Å². The zero-order valence-electron chi connectivity index (χ0n) is 8.99. The van der Waals surface area contributed by atoms with E-state index in [1.807, 2.05) is 0 Å². The molecule has 0 aromatic heterocycles. The fraction of sp³-hybridized carbons (Fsp3) is 0.400. The standard InChI is InChI=1S/C10H11ClF2N2O2/c1-10(14,9(12)13)5-6-2-3-7(11)4-8(6)15(16)17/h2-4,9H,5,14H2,1H3. The molecule has 0 fully saturated rings. The van der Waals surface area contributed by atoms with Crippen molar-refractivity contribution in [1.82, 2.24) is 0 Å². The summed E-state index contributed by atoms with van der Waals surface area (Å²) in [5.41, 5.74) is 3.43. The molecule has 17 heavy (non-hydrogen) atoms. The molecule has 0 bridgehead atoms. The van der Waals surface area contributed by atoms with Crippen LogP contribution in [0.3, 0.4) is 0 Å². The van der Waals surface area contributed by atoms with Crippen molar-refractivity contribution < 1.29 is 13.7 Å². The van der Waals surface area contributed by atoms with E-state index >= 15 is 0 Å². The molecule has 4 nitrogen and oxygen atoms in total. The molecule has 0 saturated heterocycles. The molecule has 0 spiro atoms. The Labute approximate surface area is 102 Å². The molecule has 0 aliphatic heterocycles. The molecule has 0 amide bonds. The van der Waals surface area contributed by atoms with E-state index in [1.165, 1.54) is 12.1 Å². The van der Waals surface area contributed by atoms with Gasteiger partial charge in [0.05, 0.1) is 10.5 Å². The summed E-state index contributed by atoms with van der Waals surface area (Å²) in [5, 5.41) is 10.9. The van der Waals surface area contributed by atoms with E-state index in [1.54, 1.807) is 0 Å². The summed E-state index contributed by atoms with van der Waals surface area (Å²) in [7, 11) is 0. The lowest BCUT2D eigenvalue weighted by Gasteiger charge is -2.23. The molecule has 0 aliphatic rings. The summed E-state index contributed by atoms with van der Waals surface area (Å²) in [4.78, 5) is 10.1. The van der Waals surface area contributed by atoms with Gasteiger partial charge >= 0.3 is 0 Å². The first-order valence-corrected chi connectivity index (χ1v) is 5.11. The third-order valence-electron chi connectivity index (χ3n) is 2.31. The van der Waals surface area contributed by atoms with Crippen molar-refractivity contribution in [2.45, 2.75) is 25.3 Å². The SMILES string of the molecule is CC(N)(Cc1ccc(Cl)cc1[N+](=O)[O-])C(F)F. The number of benzene rings is 1. The highest BCUT2D eigenvalue weighted by Gasteiger charge is 2.32. The Kier molecular flexibility index (Phi) is 4.00. The summed E-state index contributed by atoms with van der Waals surface area (Å²) in [6.07, 6.45) is -3.06. The van der Waals surface area contributed by atoms with Gasteiger partial charge in [-0.2, -0.15) is 0 Å². The maximum atomic E-state index is 12.6. The second kappa shape index (κ2) is 4.93. The average Bonchev–Trinajstić information content (AvgIpc) is 2.19. The Hall–Kier alpha value is -1.27. The summed E-state index contributed by atoms with van der Waals surface area (Å²) < 4.78 is 25.2. The van der Waals surface area contributed by atoms with Gasteiger partial charge < -0.3 is 5.73 Å². The van der Waals surface area contributed by atoms with Gasteiger partial charge in [-0.1, -0.05) is 17.7 Å². The predicted octanol–water partition coefficient (Wildman–Crippen LogP) is 2.77. The van der Waals surface area contributed by atoms with Gasteiger partial charge in [0.15, 0.2) is 0 Å². The lowest BCUT2D eigenvalue weighted by Crippen LogP contribution is -2.45. The smallest absolute Gasteiger partial charge is 0.274 e. The molecule has 1 unspecified atom stereocenters. The molecule has 1 aromatic carbocycles. The van der Waals surface area contributed by atoms with E-state index in [4.69, 9.17) is 17.3 Å². The Morgan fingerprint density at radius 1 is 1.59 bits per heavy atom. The van der Waals surface area contributed by atoms with Gasteiger partial charge in [-0.05, 0) is 13.0 Å². The average molecular weight is 265 g/mol. The topological polar surface area (TPSA) is 69.2 Å². The number of alkyl halides is 2. The van der Waals surface area contributed by atoms with Crippen molar-refractivity contribution in [3.05, 3.63) is 38.9 Å². The van der Waals surface area contributed by atoms with Crippen molar-refractivity contribution in [1.29, 1.82) is 0 Å². The van der Waals surface area contributed by atoms with Gasteiger partial charge in [0.2, 0.25) is 0 Å². The van der Waals surface area contributed by atoms with E-state index < -0.39 is 16.9 Å². The molecular weight excluding hydrogens is 254 g/mol. The zero-order valence-corrected chi connectivity index (χ0v) is 9.75. The Morgan fingerprint density at radius 3 is 2.65 bits per heavy atom. The van der Waals surface area contributed by atoms with Crippen molar-refractivity contribution >= 4 is 17.3 Å². The second-order valence-corrected chi connectivity index (χ2v) is 4.45. The second-order valence-electron chi connectivity index (χ2n) is 4.01. The number of nitro benzene ring substituents is 1. The lowest BCUT2D eigenvalue weighted by atomic mass is 9.93. The van der Waals surface area contributed by atoms with Crippen molar-refractivity contribution in [3.63, 3.8) is 0 Å². The Balaban J connectivity index is 3.11. The number of hydrogen-bond donors (Lipinski definition) is 1. The van der Waals surface area contributed by atoms with Gasteiger partial charge in [0, 0.05) is 23.1 Å². The number of hydrogen-bond acceptors (Lipinski definition) is 3. The van der Waals surface area contributed by atoms with Crippen molar-refractivity contribution in [2.24, 2.45) is 5.73 Å². The summed E-state index contributed by atoms with van der Waals surface area (Å²) in [6, 6.07) is 3.87. The molecule has 94 valence electrons. The normalized spacial score (nSPS) is 14.7. The Morgan fingerprint density at radius 2 is 2.18 bits per heavy atom. The minimum absolute atomic E-state index is 0.143. The first-order chi connectivity index (χ1) is 7.74. The maximum Gasteiger partial charge on any atom is 0.274 e. The van der Waals surface area contributed by atoms with Gasteiger partial charge in [0.1, 0.15) is 0 Å². The predicted molar refractivity (Wildman–Crippen MR) is 60.4 cm³/mol. The molecule has 1 aromatic rings. The van der Waals surface area contributed by atoms with Crippen LogP contribution in [0.2, 0.25) is 5.02 Å². The molecule has 1 rings (SSSR count). The monoisotopic (exact) mass is 264 g/mol. The maximum absolute atomic E-state index is 12.6. The Bertz CT molecular complexity index is 438. The molecular formula is C10H11ClF2N2O2. The van der Waals surface area contributed by atoms with E-state index in [0.29, 0.717) is 0 Å². The summed E-state index contributed by atoms with van der Waals surface area (Å²) >= 11 is 5.61. The van der Waals surface area contributed by atoms with E-state index in [-0.39, 0.29) is 22.7 Å². The molecule has 2 N–H and O–H groups in total. The van der Waals surface area contributed by atoms with E-state index in [0.717, 1.165) is 13.0 Å². The fourth-order valence-corrected chi connectivity index (χ4v) is 1.51. The van der Waals surface area contributed by atoms with Crippen LogP contribution in [0.15, 0.2) is 18.2 Å². The molecule has 0 saturated carbocycles. The number of halogens is 3. The van der Waals surface area contributed by atoms with Crippen molar-refractivity contribution in [3.8, 4) is 0 Å². The quantitative estimate of drug-likeness (QED) is 0.671. The highest BCUT2D eigenvalue weighted by Crippen LogP contribution is 2.27.